The molecule has 0 saturated heterocycles. The molecule has 1 atom stereocenters. The predicted molar refractivity (Wildman–Crippen MR) is 94.8 cm³/mol. The van der Waals surface area contributed by atoms with Gasteiger partial charge in [0.2, 0.25) is 0 Å². The number of carbonyl (C=O) groups excluding carboxylic acids is 3. The number of hydrogen-bond acceptors (Lipinski definition) is 5. The minimum atomic E-state index is -0.699. The molecule has 0 N–H and O–H groups in total. The first kappa shape index (κ1) is 17.6. The molecule has 26 heavy (non-hydrogen) atoms. The quantitative estimate of drug-likeness (QED) is 0.626. The Morgan fingerprint density at radius 3 is 2.46 bits per heavy atom. The second-order valence-corrected chi connectivity index (χ2v) is 6.16. The lowest BCUT2D eigenvalue weighted by Gasteiger charge is -2.27. The van der Waals surface area contributed by atoms with Crippen LogP contribution in [0.25, 0.3) is 0 Å². The van der Waals surface area contributed by atoms with E-state index in [9.17, 15) is 14.4 Å². The highest BCUT2D eigenvalue weighted by molar-refractivity contribution is 6.13. The van der Waals surface area contributed by atoms with Gasteiger partial charge in [-0.25, -0.2) is 4.79 Å². The molecule has 0 saturated carbocycles. The highest BCUT2D eigenvalue weighted by atomic mass is 16.5. The maximum Gasteiger partial charge on any atom is 0.334 e. The fourth-order valence-electron chi connectivity index (χ4n) is 2.96. The summed E-state index contributed by atoms with van der Waals surface area (Å²) in [7, 11) is 1.31. The van der Waals surface area contributed by atoms with Crippen molar-refractivity contribution < 1.29 is 23.9 Å². The van der Waals surface area contributed by atoms with Gasteiger partial charge in [0.05, 0.1) is 13.5 Å². The third-order valence-electron chi connectivity index (χ3n) is 4.28. The van der Waals surface area contributed by atoms with Crippen LogP contribution >= 0.6 is 0 Å². The molecule has 0 spiro atoms. The smallest absolute Gasteiger partial charge is 0.334 e. The van der Waals surface area contributed by atoms with Gasteiger partial charge in [-0.3, -0.25) is 9.59 Å². The van der Waals surface area contributed by atoms with E-state index in [1.165, 1.54) is 7.11 Å². The van der Waals surface area contributed by atoms with Crippen molar-refractivity contribution in [1.29, 1.82) is 0 Å². The summed E-state index contributed by atoms with van der Waals surface area (Å²) in [6.45, 7) is 5.18. The van der Waals surface area contributed by atoms with E-state index in [4.69, 9.17) is 4.74 Å². The van der Waals surface area contributed by atoms with Gasteiger partial charge in [-0.1, -0.05) is 43.0 Å². The third kappa shape index (κ3) is 3.16. The summed E-state index contributed by atoms with van der Waals surface area (Å²) in [5.74, 6) is -1.08. The Bertz CT molecular complexity index is 926. The van der Waals surface area contributed by atoms with Gasteiger partial charge in [0.25, 0.3) is 0 Å². The molecule has 2 aromatic rings. The Morgan fingerprint density at radius 1 is 1.08 bits per heavy atom. The first-order valence-corrected chi connectivity index (χ1v) is 8.12. The molecular formula is C21H18O5. The lowest BCUT2D eigenvalue weighted by Crippen LogP contribution is -2.24. The fourth-order valence-corrected chi connectivity index (χ4v) is 2.96. The van der Waals surface area contributed by atoms with Gasteiger partial charge < -0.3 is 9.47 Å². The van der Waals surface area contributed by atoms with E-state index in [1.807, 2.05) is 0 Å². The topological polar surface area (TPSA) is 69.7 Å². The summed E-state index contributed by atoms with van der Waals surface area (Å²) < 4.78 is 10.3. The lowest BCUT2D eigenvalue weighted by atomic mass is 9.82. The summed E-state index contributed by atoms with van der Waals surface area (Å²) in [6, 6.07) is 12.1. The molecule has 0 aliphatic heterocycles. The largest absolute Gasteiger partial charge is 0.469 e. The molecule has 132 valence electrons. The number of ether oxygens (including phenoxy) is 2. The standard InChI is InChI=1S/C21H18O5/c1-12(2)21(24)26-20-15-7-5-4-6-14(15)19(23)17-10-13(8-9-16(17)20)11-18(22)25-3/h4-10,20H,1,11H2,2-3H3. The molecule has 3 rings (SSSR count). The van der Waals surface area contributed by atoms with E-state index in [-0.39, 0.29) is 23.7 Å². The van der Waals surface area contributed by atoms with Crippen molar-refractivity contribution in [2.24, 2.45) is 0 Å². The maximum atomic E-state index is 12.9. The normalized spacial score (nSPS) is 14.8. The average Bonchev–Trinajstić information content (AvgIpc) is 2.64. The van der Waals surface area contributed by atoms with E-state index in [0.717, 1.165) is 0 Å². The number of fused-ring (bicyclic) bond motifs is 2. The van der Waals surface area contributed by atoms with Crippen molar-refractivity contribution in [2.45, 2.75) is 19.4 Å². The first-order chi connectivity index (χ1) is 12.4. The zero-order valence-electron chi connectivity index (χ0n) is 14.6. The zero-order chi connectivity index (χ0) is 18.8. The molecule has 5 heteroatoms. The van der Waals surface area contributed by atoms with Crippen LogP contribution in [0, 0.1) is 0 Å². The number of carbonyl (C=O) groups is 3. The zero-order valence-corrected chi connectivity index (χ0v) is 14.6. The monoisotopic (exact) mass is 350 g/mol. The summed E-state index contributed by atoms with van der Waals surface area (Å²) in [4.78, 5) is 36.5. The number of hydrogen-bond donors (Lipinski definition) is 0. The molecular weight excluding hydrogens is 332 g/mol. The Kier molecular flexibility index (Phi) is 4.71. The Morgan fingerprint density at radius 2 is 1.77 bits per heavy atom. The second-order valence-electron chi connectivity index (χ2n) is 6.16. The summed E-state index contributed by atoms with van der Waals surface area (Å²) >= 11 is 0. The molecule has 0 aromatic heterocycles. The average molecular weight is 350 g/mol. The van der Waals surface area contributed by atoms with Gasteiger partial charge >= 0.3 is 11.9 Å². The highest BCUT2D eigenvalue weighted by Gasteiger charge is 2.33. The van der Waals surface area contributed by atoms with E-state index >= 15 is 0 Å². The van der Waals surface area contributed by atoms with Crippen molar-refractivity contribution in [3.63, 3.8) is 0 Å². The fraction of sp³-hybridized carbons (Fsp3) is 0.190. The van der Waals surface area contributed by atoms with Gasteiger partial charge in [-0.05, 0) is 18.6 Å². The van der Waals surface area contributed by atoms with Crippen LogP contribution in [0.15, 0.2) is 54.6 Å². The van der Waals surface area contributed by atoms with E-state index in [2.05, 4.69) is 11.3 Å². The Labute approximate surface area is 151 Å². The molecule has 1 aliphatic rings. The number of esters is 2. The molecule has 5 nitrogen and oxygen atoms in total. The number of methoxy groups -OCH3 is 1. The van der Waals surface area contributed by atoms with Crippen molar-refractivity contribution in [3.05, 3.63) is 82.4 Å². The Hall–Kier alpha value is -3.21. The van der Waals surface area contributed by atoms with Gasteiger partial charge in [-0.2, -0.15) is 0 Å². The van der Waals surface area contributed by atoms with Crippen molar-refractivity contribution in [1.82, 2.24) is 0 Å². The van der Waals surface area contributed by atoms with Crippen LogP contribution in [0.2, 0.25) is 0 Å². The van der Waals surface area contributed by atoms with E-state index in [1.54, 1.807) is 49.4 Å². The lowest BCUT2D eigenvalue weighted by molar-refractivity contribution is -0.143. The molecule has 0 bridgehead atoms. The van der Waals surface area contributed by atoms with Crippen molar-refractivity contribution >= 4 is 17.7 Å². The maximum absolute atomic E-state index is 12.9. The van der Waals surface area contributed by atoms with E-state index in [0.29, 0.717) is 27.8 Å². The summed E-state index contributed by atoms with van der Waals surface area (Å²) in [5, 5.41) is 0. The minimum absolute atomic E-state index is 0.0644. The van der Waals surface area contributed by atoms with Crippen molar-refractivity contribution in [3.8, 4) is 0 Å². The van der Waals surface area contributed by atoms with Crippen LogP contribution in [-0.2, 0) is 25.5 Å². The van der Waals surface area contributed by atoms with E-state index < -0.39 is 12.1 Å². The molecule has 1 unspecified atom stereocenters. The number of rotatable bonds is 4. The van der Waals surface area contributed by atoms with Crippen LogP contribution in [0.3, 0.4) is 0 Å². The molecule has 0 amide bonds. The summed E-state index contributed by atoms with van der Waals surface area (Å²) in [5.41, 5.74) is 3.08. The van der Waals surface area contributed by atoms with Gasteiger partial charge in [0.1, 0.15) is 0 Å². The molecule has 0 heterocycles. The molecule has 0 radical (unpaired) electrons. The highest BCUT2D eigenvalue weighted by Crippen LogP contribution is 2.38. The number of ketones is 1. The van der Waals surface area contributed by atoms with Crippen LogP contribution in [-0.4, -0.2) is 24.8 Å². The predicted octanol–water partition coefficient (Wildman–Crippen LogP) is 3.16. The first-order valence-electron chi connectivity index (χ1n) is 8.12. The van der Waals surface area contributed by atoms with Gasteiger partial charge in [0, 0.05) is 27.8 Å². The SMILES string of the molecule is C=C(C)C(=O)OC1c2ccccc2C(=O)c2cc(CC(=O)OC)ccc21. The Balaban J connectivity index is 2.09. The van der Waals surface area contributed by atoms with Gasteiger partial charge in [-0.15, -0.1) is 0 Å². The summed E-state index contributed by atoms with van der Waals surface area (Å²) in [6.07, 6.45) is -0.634. The number of benzene rings is 2. The third-order valence-corrected chi connectivity index (χ3v) is 4.28. The molecule has 2 aromatic carbocycles. The van der Waals surface area contributed by atoms with Crippen LogP contribution in [0.1, 0.15) is 45.6 Å². The van der Waals surface area contributed by atoms with Crippen LogP contribution < -0.4 is 0 Å². The van der Waals surface area contributed by atoms with Gasteiger partial charge in [0.15, 0.2) is 11.9 Å². The minimum Gasteiger partial charge on any atom is -0.469 e. The van der Waals surface area contributed by atoms with Crippen LogP contribution in [0.4, 0.5) is 0 Å². The molecule has 0 fully saturated rings. The van der Waals surface area contributed by atoms with Crippen molar-refractivity contribution in [2.75, 3.05) is 7.11 Å². The van der Waals surface area contributed by atoms with Crippen LogP contribution in [0.5, 0.6) is 0 Å². The molecule has 1 aliphatic carbocycles. The second kappa shape index (κ2) is 6.96.